The number of fused-ring (bicyclic) bond motifs is 3. The molecule has 4 rings (SSSR count). The van der Waals surface area contributed by atoms with Crippen LogP contribution in [0.25, 0.3) is 11.3 Å². The van der Waals surface area contributed by atoms with Gasteiger partial charge in [-0.05, 0) is 18.4 Å². The zero-order chi connectivity index (χ0) is 16.5. The number of hydrogen-bond acceptors (Lipinski definition) is 6. The number of halogens is 1. The van der Waals surface area contributed by atoms with Crippen LogP contribution in [0.1, 0.15) is 11.8 Å². The van der Waals surface area contributed by atoms with Crippen molar-refractivity contribution in [1.29, 1.82) is 0 Å². The number of nitrogens with zero attached hydrogens (tertiary/aromatic N) is 3. The molecule has 0 fully saturated rings. The average Bonchev–Trinajstić information content (AvgIpc) is 2.78. The lowest BCUT2D eigenvalue weighted by Gasteiger charge is -2.19. The molecule has 3 aromatic rings. The summed E-state index contributed by atoms with van der Waals surface area (Å²) >= 11 is 1.37. The van der Waals surface area contributed by atoms with Gasteiger partial charge in [0.05, 0.1) is 0 Å². The summed E-state index contributed by atoms with van der Waals surface area (Å²) in [6.45, 7) is 0. The van der Waals surface area contributed by atoms with Crippen LogP contribution < -0.4 is 10.1 Å². The van der Waals surface area contributed by atoms with Crippen molar-refractivity contribution in [2.75, 3.05) is 11.6 Å². The number of benzene rings is 2. The van der Waals surface area contributed by atoms with Gasteiger partial charge in [0.2, 0.25) is 17.3 Å². The normalized spacial score (nSPS) is 15.5. The van der Waals surface area contributed by atoms with Crippen molar-refractivity contribution in [1.82, 2.24) is 15.2 Å². The van der Waals surface area contributed by atoms with Crippen LogP contribution in [0.4, 0.5) is 10.1 Å². The standard InChI is InChI=1S/C17H13FN4OS/c1-24-17-20-16-14(21-22-17)11-7-3-5-9-13(11)19-15(23-16)10-6-2-4-8-12(10)18/h2-9,15,19H,1H3. The van der Waals surface area contributed by atoms with E-state index in [-0.39, 0.29) is 5.82 Å². The van der Waals surface area contributed by atoms with Gasteiger partial charge in [0.15, 0.2) is 5.69 Å². The van der Waals surface area contributed by atoms with E-state index in [4.69, 9.17) is 4.74 Å². The Kier molecular flexibility index (Phi) is 3.78. The first kappa shape index (κ1) is 14.9. The van der Waals surface area contributed by atoms with Gasteiger partial charge < -0.3 is 10.1 Å². The van der Waals surface area contributed by atoms with Crippen LogP contribution in [0.15, 0.2) is 53.7 Å². The van der Waals surface area contributed by atoms with E-state index in [1.165, 1.54) is 17.8 Å². The second kappa shape index (κ2) is 6.09. The van der Waals surface area contributed by atoms with Gasteiger partial charge in [0.25, 0.3) is 0 Å². The minimum atomic E-state index is -0.708. The highest BCUT2D eigenvalue weighted by molar-refractivity contribution is 7.98. The molecule has 24 heavy (non-hydrogen) atoms. The molecule has 5 nitrogen and oxygen atoms in total. The first-order valence-corrected chi connectivity index (χ1v) is 8.54. The van der Waals surface area contributed by atoms with Crippen LogP contribution in [0.5, 0.6) is 5.88 Å². The molecule has 1 aliphatic heterocycles. The summed E-state index contributed by atoms with van der Waals surface area (Å²) in [6.07, 6.45) is 1.15. The quantitative estimate of drug-likeness (QED) is 0.714. The molecule has 1 unspecified atom stereocenters. The highest BCUT2D eigenvalue weighted by Gasteiger charge is 2.27. The number of para-hydroxylation sites is 1. The second-order valence-electron chi connectivity index (χ2n) is 5.16. The Morgan fingerprint density at radius 2 is 1.88 bits per heavy atom. The molecule has 1 N–H and O–H groups in total. The van der Waals surface area contributed by atoms with Crippen molar-refractivity contribution in [3.63, 3.8) is 0 Å². The summed E-state index contributed by atoms with van der Waals surface area (Å²) < 4.78 is 20.2. The summed E-state index contributed by atoms with van der Waals surface area (Å²) in [5.74, 6) is -0.0110. The number of anilines is 1. The van der Waals surface area contributed by atoms with E-state index in [1.54, 1.807) is 18.2 Å². The van der Waals surface area contributed by atoms with E-state index in [2.05, 4.69) is 20.5 Å². The molecule has 0 saturated carbocycles. The molecule has 0 amide bonds. The summed E-state index contributed by atoms with van der Waals surface area (Å²) in [6, 6.07) is 14.1. The maximum absolute atomic E-state index is 14.2. The van der Waals surface area contributed by atoms with Gasteiger partial charge in [-0.3, -0.25) is 0 Å². The van der Waals surface area contributed by atoms with Gasteiger partial charge in [0.1, 0.15) is 5.82 Å². The highest BCUT2D eigenvalue weighted by Crippen LogP contribution is 2.39. The topological polar surface area (TPSA) is 59.9 Å². The Hall–Kier alpha value is -2.67. The fraction of sp³-hybridized carbons (Fsp3) is 0.118. The Morgan fingerprint density at radius 1 is 1.08 bits per heavy atom. The molecule has 0 bridgehead atoms. The highest BCUT2D eigenvalue weighted by atomic mass is 32.2. The third-order valence-corrected chi connectivity index (χ3v) is 4.24. The van der Waals surface area contributed by atoms with Gasteiger partial charge in [-0.25, -0.2) is 4.39 Å². The third-order valence-electron chi connectivity index (χ3n) is 3.70. The second-order valence-corrected chi connectivity index (χ2v) is 5.93. The van der Waals surface area contributed by atoms with Crippen molar-refractivity contribution < 1.29 is 9.13 Å². The van der Waals surface area contributed by atoms with E-state index < -0.39 is 6.23 Å². The summed E-state index contributed by atoms with van der Waals surface area (Å²) in [5, 5.41) is 12.1. The number of rotatable bonds is 2. The molecule has 7 heteroatoms. The van der Waals surface area contributed by atoms with Crippen LogP contribution in [-0.4, -0.2) is 21.4 Å². The minimum Gasteiger partial charge on any atom is -0.448 e. The molecule has 0 spiro atoms. The van der Waals surface area contributed by atoms with Gasteiger partial charge in [-0.1, -0.05) is 48.2 Å². The molecule has 2 heterocycles. The molecule has 120 valence electrons. The van der Waals surface area contributed by atoms with E-state index in [1.807, 2.05) is 30.5 Å². The number of hydrogen-bond donors (Lipinski definition) is 1. The van der Waals surface area contributed by atoms with Crippen molar-refractivity contribution in [2.45, 2.75) is 11.4 Å². The smallest absolute Gasteiger partial charge is 0.247 e. The van der Waals surface area contributed by atoms with Crippen LogP contribution in [0.2, 0.25) is 0 Å². The lowest BCUT2D eigenvalue weighted by atomic mass is 10.1. The lowest BCUT2D eigenvalue weighted by molar-refractivity contribution is 0.220. The monoisotopic (exact) mass is 340 g/mol. The van der Waals surface area contributed by atoms with E-state index >= 15 is 0 Å². The lowest BCUT2D eigenvalue weighted by Crippen LogP contribution is -2.18. The van der Waals surface area contributed by atoms with E-state index in [9.17, 15) is 4.39 Å². The van der Waals surface area contributed by atoms with Gasteiger partial charge >= 0.3 is 0 Å². The predicted molar refractivity (Wildman–Crippen MR) is 90.4 cm³/mol. The van der Waals surface area contributed by atoms with E-state index in [0.717, 1.165) is 11.3 Å². The van der Waals surface area contributed by atoms with Crippen LogP contribution in [0, 0.1) is 5.82 Å². The molecule has 0 aliphatic carbocycles. The van der Waals surface area contributed by atoms with E-state index in [0.29, 0.717) is 22.3 Å². The first-order chi connectivity index (χ1) is 11.8. The third kappa shape index (κ3) is 2.56. The molecule has 1 atom stereocenters. The van der Waals surface area contributed by atoms with Crippen LogP contribution in [-0.2, 0) is 0 Å². The predicted octanol–water partition coefficient (Wildman–Crippen LogP) is 3.90. The first-order valence-electron chi connectivity index (χ1n) is 7.32. The zero-order valence-electron chi connectivity index (χ0n) is 12.7. The molecular weight excluding hydrogens is 327 g/mol. The van der Waals surface area contributed by atoms with Crippen molar-refractivity contribution in [3.8, 4) is 17.1 Å². The molecule has 0 radical (unpaired) electrons. The summed E-state index contributed by atoms with van der Waals surface area (Å²) in [4.78, 5) is 4.40. The average molecular weight is 340 g/mol. The van der Waals surface area contributed by atoms with Gasteiger partial charge in [-0.2, -0.15) is 4.98 Å². The van der Waals surface area contributed by atoms with Gasteiger partial charge in [-0.15, -0.1) is 10.2 Å². The fourth-order valence-corrected chi connectivity index (χ4v) is 2.86. The summed E-state index contributed by atoms with van der Waals surface area (Å²) in [5.41, 5.74) is 2.55. The minimum absolute atomic E-state index is 0.333. The van der Waals surface area contributed by atoms with Crippen molar-refractivity contribution in [2.24, 2.45) is 0 Å². The van der Waals surface area contributed by atoms with Crippen molar-refractivity contribution >= 4 is 17.4 Å². The SMILES string of the molecule is CSc1nnc2c(n1)OC(c1ccccc1F)Nc1ccccc1-2. The number of thioether (sulfide) groups is 1. The number of aromatic nitrogens is 3. The molecular formula is C17H13FN4OS. The number of ether oxygens (including phenoxy) is 1. The Balaban J connectivity index is 1.89. The fourth-order valence-electron chi connectivity index (χ4n) is 2.56. The molecule has 2 aromatic carbocycles. The van der Waals surface area contributed by atoms with Crippen LogP contribution >= 0.6 is 11.8 Å². The number of nitrogens with one attached hydrogen (secondary N) is 1. The molecule has 0 saturated heterocycles. The van der Waals surface area contributed by atoms with Gasteiger partial charge in [0, 0.05) is 16.8 Å². The molecule has 1 aliphatic rings. The Labute approximate surface area is 142 Å². The zero-order valence-corrected chi connectivity index (χ0v) is 13.5. The largest absolute Gasteiger partial charge is 0.448 e. The Bertz CT molecular complexity index is 905. The summed E-state index contributed by atoms with van der Waals surface area (Å²) in [7, 11) is 0. The maximum Gasteiger partial charge on any atom is 0.247 e. The van der Waals surface area contributed by atoms with Crippen LogP contribution in [0.3, 0.4) is 0 Å². The maximum atomic E-state index is 14.2. The molecule has 1 aromatic heterocycles. The Morgan fingerprint density at radius 3 is 2.71 bits per heavy atom. The van der Waals surface area contributed by atoms with Crippen molar-refractivity contribution in [3.05, 3.63) is 59.9 Å².